The fraction of sp³-hybridized carbons (Fsp3) is 0.214. The smallest absolute Gasteiger partial charge is 0.179 e. The zero-order chi connectivity index (χ0) is 14.6. The predicted octanol–water partition coefficient (Wildman–Crippen LogP) is 3.03. The number of hydrogen-bond acceptors (Lipinski definition) is 5. The van der Waals surface area contributed by atoms with E-state index >= 15 is 0 Å². The van der Waals surface area contributed by atoms with Crippen LogP contribution in [0.4, 0.5) is 0 Å². The summed E-state index contributed by atoms with van der Waals surface area (Å²) in [5, 5.41) is 8.69. The number of sulfone groups is 1. The van der Waals surface area contributed by atoms with Crippen LogP contribution in [0.2, 0.25) is 0 Å². The minimum atomic E-state index is -3.31. The first kappa shape index (κ1) is 14.7. The Bertz CT molecular complexity index is 725. The Kier molecular flexibility index (Phi) is 4.53. The van der Waals surface area contributed by atoms with E-state index < -0.39 is 9.84 Å². The van der Waals surface area contributed by atoms with Crippen LogP contribution in [0.1, 0.15) is 11.3 Å². The molecule has 0 amide bonds. The van der Waals surface area contributed by atoms with Crippen LogP contribution in [0.3, 0.4) is 0 Å². The fourth-order valence-electron chi connectivity index (χ4n) is 1.64. The first-order valence-corrected chi connectivity index (χ1v) is 8.56. The van der Waals surface area contributed by atoms with Crippen LogP contribution in [0.25, 0.3) is 0 Å². The second-order valence-corrected chi connectivity index (χ2v) is 7.39. The van der Waals surface area contributed by atoms with Crippen molar-refractivity contribution in [2.24, 2.45) is 0 Å². The lowest BCUT2D eigenvalue weighted by Gasteiger charge is -2.04. The van der Waals surface area contributed by atoms with Gasteiger partial charge in [-0.15, -0.1) is 11.8 Å². The third-order valence-corrected chi connectivity index (χ3v) is 5.90. The van der Waals surface area contributed by atoms with Crippen LogP contribution in [0.5, 0.6) is 0 Å². The van der Waals surface area contributed by atoms with Gasteiger partial charge < -0.3 is 4.42 Å². The summed E-state index contributed by atoms with van der Waals surface area (Å²) in [5.41, 5.74) is 0.451. The van der Waals surface area contributed by atoms with Gasteiger partial charge in [0.05, 0.1) is 28.5 Å². The van der Waals surface area contributed by atoms with E-state index in [4.69, 9.17) is 9.68 Å². The van der Waals surface area contributed by atoms with E-state index in [9.17, 15) is 8.42 Å². The molecule has 0 N–H and O–H groups in total. The van der Waals surface area contributed by atoms with Crippen LogP contribution in [0.15, 0.2) is 50.8 Å². The van der Waals surface area contributed by atoms with Gasteiger partial charge in [0.2, 0.25) is 0 Å². The molecule has 0 radical (unpaired) electrons. The van der Waals surface area contributed by atoms with Crippen LogP contribution < -0.4 is 0 Å². The first-order chi connectivity index (χ1) is 9.53. The second-order valence-electron chi connectivity index (χ2n) is 4.14. The number of nitrogens with zero attached hydrogens (tertiary/aromatic N) is 1. The minimum Gasteiger partial charge on any atom is -0.468 e. The van der Waals surface area contributed by atoms with Gasteiger partial charge in [0.25, 0.3) is 0 Å². The van der Waals surface area contributed by atoms with Gasteiger partial charge in [-0.2, -0.15) is 5.26 Å². The van der Waals surface area contributed by atoms with Crippen LogP contribution in [0, 0.1) is 18.3 Å². The third-order valence-electron chi connectivity index (χ3n) is 2.76. The van der Waals surface area contributed by atoms with E-state index in [-0.39, 0.29) is 10.6 Å². The van der Waals surface area contributed by atoms with Crippen molar-refractivity contribution in [3.63, 3.8) is 0 Å². The normalized spacial score (nSPS) is 11.2. The monoisotopic (exact) mass is 307 g/mol. The molecule has 104 valence electrons. The molecule has 0 fully saturated rings. The van der Waals surface area contributed by atoms with E-state index in [1.165, 1.54) is 36.0 Å². The van der Waals surface area contributed by atoms with Gasteiger partial charge in [-0.05, 0) is 37.3 Å². The van der Waals surface area contributed by atoms with Crippen molar-refractivity contribution in [1.29, 1.82) is 5.26 Å². The van der Waals surface area contributed by atoms with Crippen LogP contribution >= 0.6 is 11.8 Å². The summed E-state index contributed by atoms with van der Waals surface area (Å²) in [6, 6.07) is 9.77. The molecule has 4 nitrogen and oxygen atoms in total. The molecule has 2 rings (SSSR count). The molecule has 0 unspecified atom stereocenters. The average Bonchev–Trinajstić information content (AvgIpc) is 2.84. The van der Waals surface area contributed by atoms with Gasteiger partial charge in [0, 0.05) is 10.6 Å². The fourth-order valence-corrected chi connectivity index (χ4v) is 4.26. The topological polar surface area (TPSA) is 71.1 Å². The average molecular weight is 307 g/mol. The summed E-state index contributed by atoms with van der Waals surface area (Å²) in [7, 11) is -3.31. The zero-order valence-corrected chi connectivity index (χ0v) is 12.5. The number of aryl methyl sites for hydroxylation is 1. The molecule has 1 aromatic carbocycles. The molecule has 0 aliphatic heterocycles. The molecule has 1 aromatic heterocycles. The van der Waals surface area contributed by atoms with E-state index in [1.807, 2.05) is 19.1 Å². The molecule has 0 spiro atoms. The number of nitriles is 1. The number of benzene rings is 1. The Morgan fingerprint density at radius 2 is 1.95 bits per heavy atom. The van der Waals surface area contributed by atoms with Crippen LogP contribution in [-0.2, 0) is 9.84 Å². The maximum absolute atomic E-state index is 12.1. The predicted molar refractivity (Wildman–Crippen MR) is 77.4 cm³/mol. The highest BCUT2D eigenvalue weighted by molar-refractivity contribution is 8.00. The lowest BCUT2D eigenvalue weighted by molar-refractivity contribution is 0.527. The molecule has 1 heterocycles. The molecule has 0 aliphatic carbocycles. The highest BCUT2D eigenvalue weighted by Crippen LogP contribution is 2.24. The Morgan fingerprint density at radius 3 is 2.50 bits per heavy atom. The van der Waals surface area contributed by atoms with Crippen molar-refractivity contribution < 1.29 is 12.8 Å². The van der Waals surface area contributed by atoms with Crippen molar-refractivity contribution >= 4 is 21.6 Å². The van der Waals surface area contributed by atoms with E-state index in [2.05, 4.69) is 0 Å². The molecule has 6 heteroatoms. The van der Waals surface area contributed by atoms with Crippen molar-refractivity contribution in [2.45, 2.75) is 16.7 Å². The first-order valence-electron chi connectivity index (χ1n) is 5.93. The van der Waals surface area contributed by atoms with E-state index in [0.717, 1.165) is 10.7 Å². The molecule has 0 bridgehead atoms. The van der Waals surface area contributed by atoms with Gasteiger partial charge in [0.1, 0.15) is 5.76 Å². The zero-order valence-electron chi connectivity index (χ0n) is 10.9. The molecule has 0 atom stereocenters. The van der Waals surface area contributed by atoms with E-state index in [1.54, 1.807) is 6.26 Å². The Labute approximate surface area is 122 Å². The summed E-state index contributed by atoms with van der Waals surface area (Å²) < 4.78 is 29.4. The maximum Gasteiger partial charge on any atom is 0.179 e. The molecule has 0 aliphatic rings. The standard InChI is InChI=1S/C14H13NO3S2/c1-11-14(6-7-18-11)19-8-9-20(16,17)13-4-2-12(10-15)3-5-13/h2-7H,8-9H2,1H3. The van der Waals surface area contributed by atoms with Crippen molar-refractivity contribution in [2.75, 3.05) is 11.5 Å². The second kappa shape index (κ2) is 6.16. The molecular weight excluding hydrogens is 294 g/mol. The summed E-state index contributed by atoms with van der Waals surface area (Å²) in [4.78, 5) is 1.21. The number of furan rings is 1. The molecular formula is C14H13NO3S2. The quantitative estimate of drug-likeness (QED) is 0.794. The lowest BCUT2D eigenvalue weighted by atomic mass is 10.2. The van der Waals surface area contributed by atoms with Gasteiger partial charge in [-0.1, -0.05) is 0 Å². The van der Waals surface area contributed by atoms with Crippen molar-refractivity contribution in [1.82, 2.24) is 0 Å². The number of rotatable bonds is 5. The Hall–Kier alpha value is -1.71. The number of hydrogen-bond donors (Lipinski definition) is 0. The van der Waals surface area contributed by atoms with E-state index in [0.29, 0.717) is 11.3 Å². The van der Waals surface area contributed by atoms with Gasteiger partial charge in [0.15, 0.2) is 9.84 Å². The minimum absolute atomic E-state index is 0.0498. The molecule has 2 aromatic rings. The summed E-state index contributed by atoms with van der Waals surface area (Å²) in [6.45, 7) is 1.84. The molecule has 20 heavy (non-hydrogen) atoms. The Morgan fingerprint density at radius 1 is 1.25 bits per heavy atom. The van der Waals surface area contributed by atoms with Gasteiger partial charge in [-0.25, -0.2) is 8.42 Å². The summed E-state index contributed by atoms with van der Waals surface area (Å²) in [6.07, 6.45) is 1.59. The number of thioether (sulfide) groups is 1. The summed E-state index contributed by atoms with van der Waals surface area (Å²) >= 11 is 1.46. The van der Waals surface area contributed by atoms with Gasteiger partial charge in [-0.3, -0.25) is 0 Å². The summed E-state index contributed by atoms with van der Waals surface area (Å²) in [5.74, 6) is 1.31. The third kappa shape index (κ3) is 3.44. The Balaban J connectivity index is 2.00. The SMILES string of the molecule is Cc1occc1SCCS(=O)(=O)c1ccc(C#N)cc1. The van der Waals surface area contributed by atoms with Crippen LogP contribution in [-0.4, -0.2) is 19.9 Å². The highest BCUT2D eigenvalue weighted by atomic mass is 32.2. The van der Waals surface area contributed by atoms with Crippen molar-refractivity contribution in [3.05, 3.63) is 47.9 Å². The largest absolute Gasteiger partial charge is 0.468 e. The highest BCUT2D eigenvalue weighted by Gasteiger charge is 2.14. The molecule has 0 saturated carbocycles. The maximum atomic E-state index is 12.1. The lowest BCUT2D eigenvalue weighted by Crippen LogP contribution is -2.08. The van der Waals surface area contributed by atoms with Gasteiger partial charge >= 0.3 is 0 Å². The molecule has 0 saturated heterocycles. The van der Waals surface area contributed by atoms with Crippen molar-refractivity contribution in [3.8, 4) is 6.07 Å².